The maximum atomic E-state index is 12.0. The van der Waals surface area contributed by atoms with Crippen molar-refractivity contribution in [2.24, 2.45) is 0 Å². The molecule has 0 aliphatic carbocycles. The van der Waals surface area contributed by atoms with Crippen LogP contribution in [0.3, 0.4) is 0 Å². The highest BCUT2D eigenvalue weighted by molar-refractivity contribution is 7.14. The molecule has 2 aromatic heterocycles. The van der Waals surface area contributed by atoms with Crippen molar-refractivity contribution in [1.82, 2.24) is 5.32 Å². The van der Waals surface area contributed by atoms with Crippen molar-refractivity contribution in [2.45, 2.75) is 13.3 Å². The average Bonchev–Trinajstić information content (AvgIpc) is 3.15. The molecule has 0 aliphatic heterocycles. The van der Waals surface area contributed by atoms with Crippen LogP contribution in [0.15, 0.2) is 29.0 Å². The van der Waals surface area contributed by atoms with Crippen molar-refractivity contribution in [3.63, 3.8) is 0 Å². The highest BCUT2D eigenvalue weighted by Crippen LogP contribution is 2.18. The van der Waals surface area contributed by atoms with E-state index in [4.69, 9.17) is 4.74 Å². The molecule has 0 aliphatic rings. The monoisotopic (exact) mass is 337 g/mol. The number of esters is 1. The van der Waals surface area contributed by atoms with Gasteiger partial charge >= 0.3 is 5.97 Å². The molecule has 0 fully saturated rings. The number of carbonyl (C=O) groups excluding carboxylic acids is 3. The summed E-state index contributed by atoms with van der Waals surface area (Å²) in [5.41, 5.74) is 0.458. The van der Waals surface area contributed by atoms with Crippen LogP contribution in [0.4, 0.5) is 0 Å². The van der Waals surface area contributed by atoms with Crippen molar-refractivity contribution < 1.29 is 19.1 Å². The Kier molecular flexibility index (Phi) is 5.85. The molecule has 0 radical (unpaired) electrons. The molecule has 116 valence electrons. The number of hydrogen-bond donors (Lipinski definition) is 1. The first-order valence-corrected chi connectivity index (χ1v) is 8.38. The topological polar surface area (TPSA) is 72.5 Å². The molecule has 0 spiro atoms. The van der Waals surface area contributed by atoms with Crippen LogP contribution in [-0.2, 0) is 16.0 Å². The van der Waals surface area contributed by atoms with Gasteiger partial charge in [-0.3, -0.25) is 9.59 Å². The van der Waals surface area contributed by atoms with Crippen LogP contribution in [0.5, 0.6) is 0 Å². The van der Waals surface area contributed by atoms with E-state index in [1.54, 1.807) is 22.9 Å². The van der Waals surface area contributed by atoms with Crippen LogP contribution in [0.25, 0.3) is 0 Å². The average molecular weight is 337 g/mol. The zero-order valence-corrected chi connectivity index (χ0v) is 13.6. The normalized spacial score (nSPS) is 10.2. The highest BCUT2D eigenvalue weighted by Gasteiger charge is 2.14. The predicted octanol–water partition coefficient (Wildman–Crippen LogP) is 2.53. The number of rotatable bonds is 7. The Labute approximate surface area is 135 Å². The molecule has 2 heterocycles. The third-order valence-corrected chi connectivity index (χ3v) is 4.64. The van der Waals surface area contributed by atoms with E-state index in [9.17, 15) is 14.4 Å². The fourth-order valence-electron chi connectivity index (χ4n) is 1.69. The molecular weight excluding hydrogens is 322 g/mol. The SMILES string of the molecule is CC(=O)NCCc1ccc(C(=O)COC(=O)c2ccsc2)s1. The summed E-state index contributed by atoms with van der Waals surface area (Å²) in [4.78, 5) is 36.0. The summed E-state index contributed by atoms with van der Waals surface area (Å²) < 4.78 is 4.99. The zero-order chi connectivity index (χ0) is 15.9. The van der Waals surface area contributed by atoms with Gasteiger partial charge in [-0.1, -0.05) is 0 Å². The van der Waals surface area contributed by atoms with Crippen molar-refractivity contribution in [3.05, 3.63) is 44.3 Å². The minimum atomic E-state index is -0.489. The van der Waals surface area contributed by atoms with Crippen molar-refractivity contribution in [1.29, 1.82) is 0 Å². The van der Waals surface area contributed by atoms with Gasteiger partial charge in [-0.15, -0.1) is 11.3 Å². The summed E-state index contributed by atoms with van der Waals surface area (Å²) in [5, 5.41) is 6.16. The Morgan fingerprint density at radius 3 is 2.73 bits per heavy atom. The molecule has 22 heavy (non-hydrogen) atoms. The molecule has 2 rings (SSSR count). The third-order valence-electron chi connectivity index (χ3n) is 2.77. The first kappa shape index (κ1) is 16.4. The van der Waals surface area contributed by atoms with Gasteiger partial charge in [0.15, 0.2) is 6.61 Å². The lowest BCUT2D eigenvalue weighted by Gasteiger charge is -2.01. The molecular formula is C15H15NO4S2. The predicted molar refractivity (Wildman–Crippen MR) is 85.6 cm³/mol. The van der Waals surface area contributed by atoms with Gasteiger partial charge in [0.05, 0.1) is 10.4 Å². The molecule has 2 aromatic rings. The summed E-state index contributed by atoms with van der Waals surface area (Å²) in [6.07, 6.45) is 0.673. The smallest absolute Gasteiger partial charge is 0.339 e. The molecule has 1 amide bonds. The van der Waals surface area contributed by atoms with E-state index >= 15 is 0 Å². The first-order chi connectivity index (χ1) is 10.6. The molecule has 0 unspecified atom stereocenters. The van der Waals surface area contributed by atoms with E-state index in [1.807, 2.05) is 6.07 Å². The fourth-order valence-corrected chi connectivity index (χ4v) is 3.25. The summed E-state index contributed by atoms with van der Waals surface area (Å²) >= 11 is 2.75. The number of nitrogens with one attached hydrogen (secondary N) is 1. The first-order valence-electron chi connectivity index (χ1n) is 6.62. The number of Topliss-reactive ketones (excluding diaryl/α,β-unsaturated/α-hetero) is 1. The van der Waals surface area contributed by atoms with Crippen molar-refractivity contribution >= 4 is 40.3 Å². The zero-order valence-electron chi connectivity index (χ0n) is 12.0. The molecule has 0 aromatic carbocycles. The van der Waals surface area contributed by atoms with Crippen molar-refractivity contribution in [3.8, 4) is 0 Å². The van der Waals surface area contributed by atoms with Crippen molar-refractivity contribution in [2.75, 3.05) is 13.2 Å². The second-order valence-electron chi connectivity index (χ2n) is 4.51. The molecule has 5 nitrogen and oxygen atoms in total. The Balaban J connectivity index is 1.81. The van der Waals surface area contributed by atoms with Gasteiger partial charge < -0.3 is 10.1 Å². The Morgan fingerprint density at radius 1 is 1.23 bits per heavy atom. The van der Waals surface area contributed by atoms with Crippen LogP contribution >= 0.6 is 22.7 Å². The van der Waals surface area contributed by atoms with Crippen LogP contribution in [0, 0.1) is 0 Å². The van der Waals surface area contributed by atoms with E-state index in [0.717, 1.165) is 4.88 Å². The van der Waals surface area contributed by atoms with E-state index in [2.05, 4.69) is 5.32 Å². The number of ketones is 1. The number of ether oxygens (including phenoxy) is 1. The van der Waals surface area contributed by atoms with E-state index in [1.165, 1.54) is 29.6 Å². The van der Waals surface area contributed by atoms with E-state index in [0.29, 0.717) is 23.4 Å². The standard InChI is InChI=1S/C15H15NO4S2/c1-10(17)16-6-4-12-2-3-14(22-12)13(18)8-20-15(19)11-5-7-21-9-11/h2-3,5,7,9H,4,6,8H2,1H3,(H,16,17). The maximum absolute atomic E-state index is 12.0. The van der Waals surface area contributed by atoms with Crippen LogP contribution in [0.1, 0.15) is 31.8 Å². The van der Waals surface area contributed by atoms with Gasteiger partial charge in [0.25, 0.3) is 0 Å². The van der Waals surface area contributed by atoms with Gasteiger partial charge in [-0.25, -0.2) is 4.79 Å². The van der Waals surface area contributed by atoms with Gasteiger partial charge in [0.1, 0.15) is 0 Å². The van der Waals surface area contributed by atoms with E-state index in [-0.39, 0.29) is 18.3 Å². The minimum Gasteiger partial charge on any atom is -0.454 e. The van der Waals surface area contributed by atoms with Gasteiger partial charge in [-0.2, -0.15) is 11.3 Å². The summed E-state index contributed by atoms with van der Waals surface area (Å²) in [7, 11) is 0. The maximum Gasteiger partial charge on any atom is 0.339 e. The molecule has 0 atom stereocenters. The molecule has 1 N–H and O–H groups in total. The molecule has 0 bridgehead atoms. The number of carbonyl (C=O) groups is 3. The molecule has 0 saturated heterocycles. The van der Waals surface area contributed by atoms with Gasteiger partial charge in [-0.05, 0) is 30.0 Å². The number of thiophene rings is 2. The Hall–Kier alpha value is -1.99. The minimum absolute atomic E-state index is 0.0757. The lowest BCUT2D eigenvalue weighted by Crippen LogP contribution is -2.22. The summed E-state index contributed by atoms with van der Waals surface area (Å²) in [6.45, 7) is 1.74. The lowest BCUT2D eigenvalue weighted by molar-refractivity contribution is -0.118. The lowest BCUT2D eigenvalue weighted by atomic mass is 10.3. The van der Waals surface area contributed by atoms with Crippen LogP contribution < -0.4 is 5.32 Å². The molecule has 7 heteroatoms. The van der Waals surface area contributed by atoms with Gasteiger partial charge in [0.2, 0.25) is 11.7 Å². The number of amides is 1. The van der Waals surface area contributed by atoms with Crippen LogP contribution in [0.2, 0.25) is 0 Å². The summed E-state index contributed by atoms with van der Waals surface area (Å²) in [5.74, 6) is -0.787. The Morgan fingerprint density at radius 2 is 2.05 bits per heavy atom. The quantitative estimate of drug-likeness (QED) is 0.622. The second kappa shape index (κ2) is 7.86. The largest absolute Gasteiger partial charge is 0.454 e. The van der Waals surface area contributed by atoms with E-state index < -0.39 is 5.97 Å². The fraction of sp³-hybridized carbons (Fsp3) is 0.267. The number of hydrogen-bond acceptors (Lipinski definition) is 6. The highest BCUT2D eigenvalue weighted by atomic mass is 32.1. The van der Waals surface area contributed by atoms with Gasteiger partial charge in [0, 0.05) is 23.7 Å². The molecule has 0 saturated carbocycles. The Bertz CT molecular complexity index is 661. The summed E-state index contributed by atoms with van der Waals surface area (Å²) in [6, 6.07) is 5.22. The third kappa shape index (κ3) is 4.78. The van der Waals surface area contributed by atoms with Crippen LogP contribution in [-0.4, -0.2) is 30.8 Å². The second-order valence-corrected chi connectivity index (χ2v) is 6.46.